The Hall–Kier alpha value is -1.26. The van der Waals surface area contributed by atoms with E-state index in [9.17, 15) is 19.8 Å². The van der Waals surface area contributed by atoms with Crippen LogP contribution in [0.2, 0.25) is 0 Å². The first-order valence-corrected chi connectivity index (χ1v) is 12.0. The van der Waals surface area contributed by atoms with E-state index in [0.717, 1.165) is 38.9 Å². The van der Waals surface area contributed by atoms with Gasteiger partial charge in [0.15, 0.2) is 0 Å². The number of aliphatic hydroxyl groups excluding tert-OH is 2. The van der Waals surface area contributed by atoms with Crippen LogP contribution in [0.1, 0.15) is 52.4 Å². The Morgan fingerprint density at radius 2 is 1.74 bits per heavy atom. The SMILES string of the molecule is CCC(CC)C(=O)NCC1OC(CC(=O)N2CCN(C3CCCCN3)CC2)C(O)C1O. The molecule has 9 nitrogen and oxygen atoms in total. The lowest BCUT2D eigenvalue weighted by molar-refractivity contribution is -0.137. The van der Waals surface area contributed by atoms with Crippen LogP contribution in [0, 0.1) is 5.92 Å². The summed E-state index contributed by atoms with van der Waals surface area (Å²) in [6.07, 6.45) is 1.87. The molecule has 0 aromatic carbocycles. The molecule has 0 saturated carbocycles. The van der Waals surface area contributed by atoms with Crippen LogP contribution in [0.4, 0.5) is 0 Å². The van der Waals surface area contributed by atoms with E-state index in [0.29, 0.717) is 19.3 Å². The number of nitrogens with zero attached hydrogens (tertiary/aromatic N) is 2. The fraction of sp³-hybridized carbons (Fsp3) is 0.909. The number of nitrogens with one attached hydrogen (secondary N) is 2. The molecule has 3 rings (SSSR count). The zero-order valence-corrected chi connectivity index (χ0v) is 19.0. The highest BCUT2D eigenvalue weighted by atomic mass is 16.5. The second-order valence-corrected chi connectivity index (χ2v) is 9.04. The fourth-order valence-electron chi connectivity index (χ4n) is 4.90. The third-order valence-corrected chi connectivity index (χ3v) is 7.06. The fourth-order valence-corrected chi connectivity index (χ4v) is 4.90. The highest BCUT2D eigenvalue weighted by molar-refractivity contribution is 5.78. The number of hydrogen-bond donors (Lipinski definition) is 4. The Morgan fingerprint density at radius 3 is 2.35 bits per heavy atom. The van der Waals surface area contributed by atoms with Crippen LogP contribution in [0.25, 0.3) is 0 Å². The zero-order valence-electron chi connectivity index (χ0n) is 19.0. The van der Waals surface area contributed by atoms with Gasteiger partial charge >= 0.3 is 0 Å². The number of piperidine rings is 1. The summed E-state index contributed by atoms with van der Waals surface area (Å²) in [4.78, 5) is 29.2. The molecule has 3 aliphatic rings. The summed E-state index contributed by atoms with van der Waals surface area (Å²) >= 11 is 0. The molecule has 2 amide bonds. The average molecular weight is 441 g/mol. The van der Waals surface area contributed by atoms with Gasteiger partial charge in [-0.15, -0.1) is 0 Å². The molecule has 178 valence electrons. The predicted octanol–water partition coefficient (Wildman–Crippen LogP) is -0.338. The van der Waals surface area contributed by atoms with Crippen molar-refractivity contribution in [2.24, 2.45) is 5.92 Å². The zero-order chi connectivity index (χ0) is 22.4. The Labute approximate surface area is 185 Å². The van der Waals surface area contributed by atoms with Crippen molar-refractivity contribution in [1.29, 1.82) is 0 Å². The Bertz CT molecular complexity index is 588. The van der Waals surface area contributed by atoms with Crippen LogP contribution in [0.15, 0.2) is 0 Å². The Kier molecular flexibility index (Phi) is 9.09. The molecule has 3 aliphatic heterocycles. The normalized spacial score (nSPS) is 32.4. The summed E-state index contributed by atoms with van der Waals surface area (Å²) in [6.45, 7) is 8.12. The van der Waals surface area contributed by atoms with Gasteiger partial charge in [-0.3, -0.25) is 14.5 Å². The third-order valence-electron chi connectivity index (χ3n) is 7.06. The van der Waals surface area contributed by atoms with Crippen molar-refractivity contribution in [3.05, 3.63) is 0 Å². The molecule has 3 fully saturated rings. The molecule has 0 spiro atoms. The number of hydrogen-bond acceptors (Lipinski definition) is 7. The van der Waals surface area contributed by atoms with Crippen molar-refractivity contribution in [2.75, 3.05) is 39.3 Å². The number of piperazine rings is 1. The molecule has 3 saturated heterocycles. The minimum absolute atomic E-state index is 0.0386. The molecule has 5 atom stereocenters. The minimum atomic E-state index is -1.13. The maximum Gasteiger partial charge on any atom is 0.225 e. The molecular weight excluding hydrogens is 400 g/mol. The Morgan fingerprint density at radius 1 is 1.06 bits per heavy atom. The van der Waals surface area contributed by atoms with Crippen molar-refractivity contribution in [2.45, 2.75) is 83.0 Å². The first kappa shape index (κ1) is 24.4. The van der Waals surface area contributed by atoms with Gasteiger partial charge in [0, 0.05) is 38.6 Å². The average Bonchev–Trinajstić information content (AvgIpc) is 3.07. The third kappa shape index (κ3) is 6.16. The molecule has 4 N–H and O–H groups in total. The van der Waals surface area contributed by atoms with Gasteiger partial charge in [0.1, 0.15) is 18.3 Å². The van der Waals surface area contributed by atoms with Crippen molar-refractivity contribution < 1.29 is 24.5 Å². The van der Waals surface area contributed by atoms with Crippen LogP contribution in [0.5, 0.6) is 0 Å². The van der Waals surface area contributed by atoms with Gasteiger partial charge in [0.2, 0.25) is 11.8 Å². The number of amides is 2. The summed E-state index contributed by atoms with van der Waals surface area (Å²) < 4.78 is 5.78. The van der Waals surface area contributed by atoms with E-state index in [1.807, 2.05) is 18.7 Å². The van der Waals surface area contributed by atoms with Crippen LogP contribution in [-0.4, -0.2) is 102 Å². The second kappa shape index (κ2) is 11.6. The summed E-state index contributed by atoms with van der Waals surface area (Å²) in [7, 11) is 0. The standard InChI is InChI=1S/C22H40N4O5/c1-3-15(4-2)22(30)24-14-17-21(29)20(28)16(31-17)13-19(27)26-11-9-25(10-12-26)18-7-5-6-8-23-18/h15-18,20-21,23,28-29H,3-14H2,1-2H3,(H,24,30). The first-order valence-electron chi connectivity index (χ1n) is 12.0. The van der Waals surface area contributed by atoms with Crippen molar-refractivity contribution in [3.8, 4) is 0 Å². The predicted molar refractivity (Wildman–Crippen MR) is 116 cm³/mol. The van der Waals surface area contributed by atoms with Gasteiger partial charge in [0.25, 0.3) is 0 Å². The molecule has 0 radical (unpaired) electrons. The van der Waals surface area contributed by atoms with E-state index in [1.54, 1.807) is 0 Å². The largest absolute Gasteiger partial charge is 0.388 e. The molecule has 0 bridgehead atoms. The van der Waals surface area contributed by atoms with Crippen LogP contribution in [-0.2, 0) is 14.3 Å². The number of ether oxygens (including phenoxy) is 1. The Balaban J connectivity index is 1.43. The van der Waals surface area contributed by atoms with Gasteiger partial charge in [-0.2, -0.15) is 0 Å². The molecule has 0 aromatic rings. The summed E-state index contributed by atoms with van der Waals surface area (Å²) in [6, 6.07) is 0. The summed E-state index contributed by atoms with van der Waals surface area (Å²) in [5.74, 6) is -0.197. The van der Waals surface area contributed by atoms with Crippen LogP contribution in [0.3, 0.4) is 0 Å². The molecule has 0 aromatic heterocycles. The molecule has 5 unspecified atom stereocenters. The van der Waals surface area contributed by atoms with Crippen molar-refractivity contribution >= 4 is 11.8 Å². The molecule has 0 aliphatic carbocycles. The first-order chi connectivity index (χ1) is 14.9. The van der Waals surface area contributed by atoms with Gasteiger partial charge < -0.3 is 30.5 Å². The molecule has 3 heterocycles. The number of aliphatic hydroxyl groups is 2. The lowest BCUT2D eigenvalue weighted by Crippen LogP contribution is -2.57. The lowest BCUT2D eigenvalue weighted by Gasteiger charge is -2.41. The van der Waals surface area contributed by atoms with Crippen molar-refractivity contribution in [1.82, 2.24) is 20.4 Å². The molecular formula is C22H40N4O5. The van der Waals surface area contributed by atoms with Gasteiger partial charge in [-0.25, -0.2) is 0 Å². The maximum absolute atomic E-state index is 12.8. The monoisotopic (exact) mass is 440 g/mol. The van der Waals surface area contributed by atoms with E-state index < -0.39 is 24.4 Å². The van der Waals surface area contributed by atoms with E-state index in [1.165, 1.54) is 12.8 Å². The van der Waals surface area contributed by atoms with E-state index in [4.69, 9.17) is 4.74 Å². The van der Waals surface area contributed by atoms with Gasteiger partial charge in [0.05, 0.1) is 18.7 Å². The minimum Gasteiger partial charge on any atom is -0.388 e. The summed E-state index contributed by atoms with van der Waals surface area (Å²) in [5.41, 5.74) is 0. The smallest absolute Gasteiger partial charge is 0.225 e. The second-order valence-electron chi connectivity index (χ2n) is 9.04. The number of rotatable bonds is 8. The molecule has 31 heavy (non-hydrogen) atoms. The van der Waals surface area contributed by atoms with Crippen LogP contribution >= 0.6 is 0 Å². The number of carbonyl (C=O) groups is 2. The van der Waals surface area contributed by atoms with Gasteiger partial charge in [-0.1, -0.05) is 13.8 Å². The van der Waals surface area contributed by atoms with E-state index in [-0.39, 0.29) is 30.7 Å². The van der Waals surface area contributed by atoms with Gasteiger partial charge in [-0.05, 0) is 38.6 Å². The molecule has 9 heteroatoms. The quantitative estimate of drug-likeness (QED) is 0.408. The highest BCUT2D eigenvalue weighted by Gasteiger charge is 2.44. The highest BCUT2D eigenvalue weighted by Crippen LogP contribution is 2.25. The maximum atomic E-state index is 12.8. The van der Waals surface area contributed by atoms with E-state index in [2.05, 4.69) is 15.5 Å². The van der Waals surface area contributed by atoms with E-state index >= 15 is 0 Å². The summed E-state index contributed by atoms with van der Waals surface area (Å²) in [5, 5.41) is 27.1. The topological polar surface area (TPSA) is 114 Å². The lowest BCUT2D eigenvalue weighted by atomic mass is 10.0. The van der Waals surface area contributed by atoms with Crippen molar-refractivity contribution in [3.63, 3.8) is 0 Å². The van der Waals surface area contributed by atoms with Crippen LogP contribution < -0.4 is 10.6 Å². The number of carbonyl (C=O) groups excluding carboxylic acids is 2.